The lowest BCUT2D eigenvalue weighted by molar-refractivity contribution is 0.886. The summed E-state index contributed by atoms with van der Waals surface area (Å²) in [6.07, 6.45) is 5.05. The van der Waals surface area contributed by atoms with Gasteiger partial charge in [-0.2, -0.15) is 5.26 Å². The Morgan fingerprint density at radius 1 is 1.24 bits per heavy atom. The molecule has 0 spiro atoms. The summed E-state index contributed by atoms with van der Waals surface area (Å²) >= 11 is 1.40. The smallest absolute Gasteiger partial charge is 0.201 e. The van der Waals surface area contributed by atoms with Gasteiger partial charge in [0.15, 0.2) is 5.65 Å². The monoisotopic (exact) mass is 293 g/mol. The van der Waals surface area contributed by atoms with E-state index in [9.17, 15) is 5.26 Å². The van der Waals surface area contributed by atoms with Gasteiger partial charge >= 0.3 is 0 Å². The number of aromatic nitrogens is 4. The van der Waals surface area contributed by atoms with Gasteiger partial charge in [-0.3, -0.25) is 4.40 Å². The average molecular weight is 293 g/mol. The number of nitrogens with zero attached hydrogens (tertiary/aromatic N) is 5. The highest BCUT2D eigenvalue weighted by Gasteiger charge is 2.18. The standard InChI is InChI=1S/C15H11N5S/c16-9-11-8-10-4-3-5-12(10)17-14(11)21-15-19-18-13-6-1-2-7-20(13)15/h1-2,6-8H,3-5H2. The van der Waals surface area contributed by atoms with Crippen LogP contribution < -0.4 is 0 Å². The van der Waals surface area contributed by atoms with E-state index in [0.717, 1.165) is 40.8 Å². The van der Waals surface area contributed by atoms with Crippen LogP contribution in [0.3, 0.4) is 0 Å². The molecule has 3 aromatic heterocycles. The minimum absolute atomic E-state index is 0.619. The van der Waals surface area contributed by atoms with Crippen molar-refractivity contribution < 1.29 is 0 Å². The first-order valence-corrected chi connectivity index (χ1v) is 7.57. The Hall–Kier alpha value is -2.39. The molecule has 0 unspecified atom stereocenters. The van der Waals surface area contributed by atoms with Gasteiger partial charge in [0.05, 0.1) is 5.56 Å². The summed E-state index contributed by atoms with van der Waals surface area (Å²) in [5.74, 6) is 0. The molecule has 5 nitrogen and oxygen atoms in total. The number of aryl methyl sites for hydroxylation is 2. The molecule has 0 saturated heterocycles. The third kappa shape index (κ3) is 2.06. The molecule has 3 aromatic rings. The van der Waals surface area contributed by atoms with Crippen LogP contribution in [0.15, 0.2) is 40.6 Å². The maximum absolute atomic E-state index is 9.35. The van der Waals surface area contributed by atoms with Crippen molar-refractivity contribution in [3.05, 3.63) is 47.3 Å². The van der Waals surface area contributed by atoms with Crippen LogP contribution in [0.4, 0.5) is 0 Å². The second-order valence-corrected chi connectivity index (χ2v) is 5.88. The summed E-state index contributed by atoms with van der Waals surface area (Å²) in [5, 5.41) is 19.1. The molecular formula is C15H11N5S. The number of hydrogen-bond acceptors (Lipinski definition) is 5. The molecule has 0 N–H and O–H groups in total. The summed E-state index contributed by atoms with van der Waals surface area (Å²) in [4.78, 5) is 4.67. The zero-order valence-corrected chi connectivity index (χ0v) is 12.0. The van der Waals surface area contributed by atoms with Gasteiger partial charge in [0.1, 0.15) is 11.1 Å². The van der Waals surface area contributed by atoms with E-state index in [4.69, 9.17) is 0 Å². The second-order valence-electron chi connectivity index (χ2n) is 4.93. The van der Waals surface area contributed by atoms with E-state index in [1.807, 2.05) is 34.9 Å². The number of rotatable bonds is 2. The van der Waals surface area contributed by atoms with Crippen molar-refractivity contribution in [2.45, 2.75) is 29.4 Å². The Kier molecular flexibility index (Phi) is 2.86. The van der Waals surface area contributed by atoms with Gasteiger partial charge in [-0.05, 0) is 54.8 Å². The maximum atomic E-state index is 9.35. The van der Waals surface area contributed by atoms with Crippen LogP contribution in [0, 0.1) is 11.3 Å². The minimum atomic E-state index is 0.619. The van der Waals surface area contributed by atoms with E-state index >= 15 is 0 Å². The molecule has 0 aromatic carbocycles. The molecule has 0 radical (unpaired) electrons. The van der Waals surface area contributed by atoms with Crippen molar-refractivity contribution in [3.8, 4) is 6.07 Å². The molecule has 102 valence electrons. The molecule has 3 heterocycles. The zero-order chi connectivity index (χ0) is 14.2. The van der Waals surface area contributed by atoms with Crippen LogP contribution in [0.2, 0.25) is 0 Å². The summed E-state index contributed by atoms with van der Waals surface area (Å²) in [7, 11) is 0. The third-order valence-corrected chi connectivity index (χ3v) is 4.57. The number of nitriles is 1. The van der Waals surface area contributed by atoms with E-state index < -0.39 is 0 Å². The topological polar surface area (TPSA) is 66.9 Å². The van der Waals surface area contributed by atoms with Gasteiger partial charge in [0, 0.05) is 11.9 Å². The highest BCUT2D eigenvalue weighted by molar-refractivity contribution is 7.99. The zero-order valence-electron chi connectivity index (χ0n) is 11.2. The first-order chi connectivity index (χ1) is 10.3. The van der Waals surface area contributed by atoms with Crippen LogP contribution in [-0.2, 0) is 12.8 Å². The number of hydrogen-bond donors (Lipinski definition) is 0. The Morgan fingerprint density at radius 2 is 2.19 bits per heavy atom. The first-order valence-electron chi connectivity index (χ1n) is 6.75. The van der Waals surface area contributed by atoms with E-state index in [1.54, 1.807) is 0 Å². The highest BCUT2D eigenvalue weighted by atomic mass is 32.2. The first kappa shape index (κ1) is 12.4. The van der Waals surface area contributed by atoms with Crippen LogP contribution in [0.1, 0.15) is 23.2 Å². The molecule has 0 bridgehead atoms. The van der Waals surface area contributed by atoms with E-state index in [-0.39, 0.29) is 0 Å². The number of fused-ring (bicyclic) bond motifs is 2. The van der Waals surface area contributed by atoms with E-state index in [1.165, 1.54) is 17.3 Å². The largest absolute Gasteiger partial charge is 0.277 e. The fourth-order valence-corrected chi connectivity index (χ4v) is 3.46. The van der Waals surface area contributed by atoms with E-state index in [0.29, 0.717) is 5.56 Å². The van der Waals surface area contributed by atoms with Gasteiger partial charge in [-0.1, -0.05) is 6.07 Å². The van der Waals surface area contributed by atoms with Crippen LogP contribution >= 0.6 is 11.8 Å². The van der Waals surface area contributed by atoms with Crippen molar-refractivity contribution in [2.24, 2.45) is 0 Å². The summed E-state index contributed by atoms with van der Waals surface area (Å²) in [6, 6.07) is 9.98. The predicted molar refractivity (Wildman–Crippen MR) is 78.1 cm³/mol. The molecule has 1 aliphatic carbocycles. The highest BCUT2D eigenvalue weighted by Crippen LogP contribution is 2.31. The molecule has 0 fully saturated rings. The molecule has 6 heteroatoms. The Morgan fingerprint density at radius 3 is 3.10 bits per heavy atom. The molecule has 0 atom stereocenters. The summed E-state index contributed by atoms with van der Waals surface area (Å²) in [5.41, 5.74) is 3.74. The van der Waals surface area contributed by atoms with Crippen LogP contribution in [-0.4, -0.2) is 19.6 Å². The lowest BCUT2D eigenvalue weighted by atomic mass is 10.2. The van der Waals surface area contributed by atoms with Crippen molar-refractivity contribution in [3.63, 3.8) is 0 Å². The Labute approximate surface area is 125 Å². The Bertz CT molecular complexity index is 877. The fraction of sp³-hybridized carbons (Fsp3) is 0.200. The maximum Gasteiger partial charge on any atom is 0.201 e. The molecule has 1 aliphatic rings. The third-order valence-electron chi connectivity index (χ3n) is 3.61. The fourth-order valence-electron chi connectivity index (χ4n) is 2.59. The number of pyridine rings is 2. The lowest BCUT2D eigenvalue weighted by Gasteiger charge is -2.05. The predicted octanol–water partition coefficient (Wildman–Crippen LogP) is 2.64. The summed E-state index contributed by atoms with van der Waals surface area (Å²) in [6.45, 7) is 0. The van der Waals surface area contributed by atoms with Crippen LogP contribution in [0.5, 0.6) is 0 Å². The SMILES string of the molecule is N#Cc1cc2c(nc1Sc1nnc3ccccn13)CCC2. The van der Waals surface area contributed by atoms with Gasteiger partial charge in [-0.15, -0.1) is 10.2 Å². The van der Waals surface area contributed by atoms with Crippen molar-refractivity contribution >= 4 is 17.4 Å². The lowest BCUT2D eigenvalue weighted by Crippen LogP contribution is -1.96. The van der Waals surface area contributed by atoms with E-state index in [2.05, 4.69) is 21.3 Å². The molecular weight excluding hydrogens is 282 g/mol. The van der Waals surface area contributed by atoms with Crippen molar-refractivity contribution in [1.82, 2.24) is 19.6 Å². The molecule has 4 rings (SSSR count). The van der Waals surface area contributed by atoms with Crippen LogP contribution in [0.25, 0.3) is 5.65 Å². The molecule has 21 heavy (non-hydrogen) atoms. The quantitative estimate of drug-likeness (QED) is 0.726. The van der Waals surface area contributed by atoms with Gasteiger partial charge in [0.25, 0.3) is 0 Å². The van der Waals surface area contributed by atoms with Gasteiger partial charge in [0.2, 0.25) is 5.16 Å². The molecule has 0 saturated carbocycles. The molecule has 0 aliphatic heterocycles. The average Bonchev–Trinajstić information content (AvgIpc) is 3.13. The van der Waals surface area contributed by atoms with Crippen molar-refractivity contribution in [1.29, 1.82) is 5.26 Å². The second kappa shape index (κ2) is 4.86. The summed E-state index contributed by atoms with van der Waals surface area (Å²) < 4.78 is 1.90. The van der Waals surface area contributed by atoms with Gasteiger partial charge < -0.3 is 0 Å². The van der Waals surface area contributed by atoms with Gasteiger partial charge in [-0.25, -0.2) is 4.98 Å². The normalized spacial score (nSPS) is 13.3. The molecule has 0 amide bonds. The van der Waals surface area contributed by atoms with Crippen molar-refractivity contribution in [2.75, 3.05) is 0 Å². The minimum Gasteiger partial charge on any atom is -0.277 e. The Balaban J connectivity index is 1.79.